The summed E-state index contributed by atoms with van der Waals surface area (Å²) in [5, 5.41) is 0. The Labute approximate surface area is 87.2 Å². The fourth-order valence-corrected chi connectivity index (χ4v) is 2.47. The van der Waals surface area contributed by atoms with E-state index in [4.69, 9.17) is 4.74 Å². The highest BCUT2D eigenvalue weighted by atomic mass is 79.9. The van der Waals surface area contributed by atoms with Gasteiger partial charge in [0, 0.05) is 0 Å². The van der Waals surface area contributed by atoms with Gasteiger partial charge in [-0.25, -0.2) is 0 Å². The quantitative estimate of drug-likeness (QED) is 0.766. The number of hydrogen-bond donors (Lipinski definition) is 0. The zero-order chi connectivity index (χ0) is 9.26. The first-order chi connectivity index (χ1) is 6.33. The van der Waals surface area contributed by atoms with Crippen molar-refractivity contribution in [3.8, 4) is 5.75 Å². The molecule has 0 aliphatic heterocycles. The molecule has 1 aromatic rings. The summed E-state index contributed by atoms with van der Waals surface area (Å²) in [5.74, 6) is 1.70. The van der Waals surface area contributed by atoms with Crippen molar-refractivity contribution >= 4 is 15.9 Å². The lowest BCUT2D eigenvalue weighted by atomic mass is 9.80. The standard InChI is InChI=1S/C11H13BrO/c1-13-10-7-3-6-9(11(10)12)8-4-2-5-8/h3,6-8H,2,4-5H2,1H3. The fraction of sp³-hybridized carbons (Fsp3) is 0.455. The summed E-state index contributed by atoms with van der Waals surface area (Å²) in [6.07, 6.45) is 4.02. The van der Waals surface area contributed by atoms with Gasteiger partial charge in [-0.2, -0.15) is 0 Å². The summed E-state index contributed by atoms with van der Waals surface area (Å²) in [7, 11) is 1.71. The Hall–Kier alpha value is -0.500. The number of ether oxygens (including phenoxy) is 1. The van der Waals surface area contributed by atoms with Gasteiger partial charge in [0.15, 0.2) is 0 Å². The van der Waals surface area contributed by atoms with Crippen LogP contribution in [0.1, 0.15) is 30.7 Å². The summed E-state index contributed by atoms with van der Waals surface area (Å²) < 4.78 is 6.40. The Morgan fingerprint density at radius 2 is 2.15 bits per heavy atom. The van der Waals surface area contributed by atoms with Gasteiger partial charge in [0.05, 0.1) is 11.6 Å². The summed E-state index contributed by atoms with van der Waals surface area (Å²) >= 11 is 3.59. The summed E-state index contributed by atoms with van der Waals surface area (Å²) in [6, 6.07) is 6.25. The third-order valence-electron chi connectivity index (χ3n) is 2.76. The van der Waals surface area contributed by atoms with Crippen LogP contribution in [-0.2, 0) is 0 Å². The lowest BCUT2D eigenvalue weighted by Crippen LogP contribution is -2.09. The Bertz CT molecular complexity index is 305. The zero-order valence-electron chi connectivity index (χ0n) is 7.72. The second-order valence-electron chi connectivity index (χ2n) is 3.49. The van der Waals surface area contributed by atoms with E-state index in [9.17, 15) is 0 Å². The Morgan fingerprint density at radius 1 is 1.38 bits per heavy atom. The van der Waals surface area contributed by atoms with Gasteiger partial charge in [0.25, 0.3) is 0 Å². The second kappa shape index (κ2) is 3.70. The molecule has 0 unspecified atom stereocenters. The molecule has 0 aromatic heterocycles. The predicted octanol–water partition coefficient (Wildman–Crippen LogP) is 3.73. The normalized spacial score (nSPS) is 16.8. The SMILES string of the molecule is COc1cccc(C2CCC2)c1Br. The molecule has 1 aliphatic rings. The zero-order valence-corrected chi connectivity index (χ0v) is 9.30. The molecule has 1 nitrogen and oxygen atoms in total. The third kappa shape index (κ3) is 1.60. The molecule has 2 rings (SSSR count). The molecule has 1 aliphatic carbocycles. The number of methoxy groups -OCH3 is 1. The molecule has 0 N–H and O–H groups in total. The largest absolute Gasteiger partial charge is 0.496 e. The first-order valence-electron chi connectivity index (χ1n) is 4.65. The van der Waals surface area contributed by atoms with E-state index in [0.29, 0.717) is 0 Å². The highest BCUT2D eigenvalue weighted by Crippen LogP contribution is 2.42. The Balaban J connectivity index is 2.33. The van der Waals surface area contributed by atoms with Gasteiger partial charge in [-0.3, -0.25) is 0 Å². The Morgan fingerprint density at radius 3 is 2.69 bits per heavy atom. The molecule has 1 aromatic carbocycles. The van der Waals surface area contributed by atoms with Crippen LogP contribution >= 0.6 is 15.9 Å². The Kier molecular flexibility index (Phi) is 2.58. The molecule has 1 saturated carbocycles. The molecule has 1 fully saturated rings. The minimum absolute atomic E-state index is 0.754. The number of benzene rings is 1. The maximum atomic E-state index is 5.26. The van der Waals surface area contributed by atoms with E-state index in [2.05, 4.69) is 28.1 Å². The van der Waals surface area contributed by atoms with E-state index < -0.39 is 0 Å². The summed E-state index contributed by atoms with van der Waals surface area (Å²) in [4.78, 5) is 0. The molecule has 0 radical (unpaired) electrons. The molecule has 2 heteroatoms. The van der Waals surface area contributed by atoms with Gasteiger partial charge >= 0.3 is 0 Å². The lowest BCUT2D eigenvalue weighted by molar-refractivity contribution is 0.398. The van der Waals surface area contributed by atoms with E-state index >= 15 is 0 Å². The van der Waals surface area contributed by atoms with Crippen molar-refractivity contribution in [2.75, 3.05) is 7.11 Å². The van der Waals surface area contributed by atoms with Crippen LogP contribution in [0.2, 0.25) is 0 Å². The average Bonchev–Trinajstić information content (AvgIpc) is 2.05. The van der Waals surface area contributed by atoms with Gasteiger partial charge < -0.3 is 4.74 Å². The fourth-order valence-electron chi connectivity index (χ4n) is 1.72. The van der Waals surface area contributed by atoms with Crippen molar-refractivity contribution in [2.24, 2.45) is 0 Å². The van der Waals surface area contributed by atoms with E-state index in [1.165, 1.54) is 24.8 Å². The molecule has 0 amide bonds. The summed E-state index contributed by atoms with van der Waals surface area (Å²) in [5.41, 5.74) is 1.41. The molecule has 0 spiro atoms. The minimum atomic E-state index is 0.754. The number of halogens is 1. The third-order valence-corrected chi connectivity index (χ3v) is 3.61. The van der Waals surface area contributed by atoms with Crippen molar-refractivity contribution in [1.29, 1.82) is 0 Å². The first-order valence-corrected chi connectivity index (χ1v) is 5.44. The van der Waals surface area contributed by atoms with Crippen LogP contribution in [0.5, 0.6) is 5.75 Å². The predicted molar refractivity (Wildman–Crippen MR) is 57.3 cm³/mol. The monoisotopic (exact) mass is 240 g/mol. The van der Waals surface area contributed by atoms with Crippen LogP contribution in [-0.4, -0.2) is 7.11 Å². The van der Waals surface area contributed by atoms with Crippen LogP contribution in [0.3, 0.4) is 0 Å². The van der Waals surface area contributed by atoms with Crippen LogP contribution in [0.25, 0.3) is 0 Å². The summed E-state index contributed by atoms with van der Waals surface area (Å²) in [6.45, 7) is 0. The van der Waals surface area contributed by atoms with E-state index in [1.807, 2.05) is 6.07 Å². The molecule has 13 heavy (non-hydrogen) atoms. The molecule has 70 valence electrons. The highest BCUT2D eigenvalue weighted by molar-refractivity contribution is 9.10. The van der Waals surface area contributed by atoms with E-state index in [1.54, 1.807) is 7.11 Å². The van der Waals surface area contributed by atoms with E-state index in [0.717, 1.165) is 16.1 Å². The topological polar surface area (TPSA) is 9.23 Å². The van der Waals surface area contributed by atoms with Gasteiger partial charge in [0.2, 0.25) is 0 Å². The maximum Gasteiger partial charge on any atom is 0.133 e. The van der Waals surface area contributed by atoms with Crippen molar-refractivity contribution in [1.82, 2.24) is 0 Å². The number of rotatable bonds is 2. The van der Waals surface area contributed by atoms with Crippen LogP contribution < -0.4 is 4.74 Å². The molecule has 0 saturated heterocycles. The first kappa shape index (κ1) is 9.07. The van der Waals surface area contributed by atoms with Gasteiger partial charge in [-0.1, -0.05) is 18.6 Å². The van der Waals surface area contributed by atoms with Crippen molar-refractivity contribution in [2.45, 2.75) is 25.2 Å². The molecule has 0 bridgehead atoms. The maximum absolute atomic E-state index is 5.26. The average molecular weight is 241 g/mol. The molecular formula is C11H13BrO. The number of hydrogen-bond acceptors (Lipinski definition) is 1. The second-order valence-corrected chi connectivity index (χ2v) is 4.28. The van der Waals surface area contributed by atoms with Crippen molar-refractivity contribution in [3.63, 3.8) is 0 Å². The van der Waals surface area contributed by atoms with E-state index in [-0.39, 0.29) is 0 Å². The van der Waals surface area contributed by atoms with Crippen molar-refractivity contribution < 1.29 is 4.74 Å². The van der Waals surface area contributed by atoms with Crippen molar-refractivity contribution in [3.05, 3.63) is 28.2 Å². The molecule has 0 heterocycles. The van der Waals surface area contributed by atoms with Gasteiger partial charge in [-0.05, 0) is 46.3 Å². The smallest absolute Gasteiger partial charge is 0.133 e. The highest BCUT2D eigenvalue weighted by Gasteiger charge is 2.22. The van der Waals surface area contributed by atoms with Gasteiger partial charge in [-0.15, -0.1) is 0 Å². The molecular weight excluding hydrogens is 228 g/mol. The minimum Gasteiger partial charge on any atom is -0.496 e. The lowest BCUT2D eigenvalue weighted by Gasteiger charge is -2.27. The van der Waals surface area contributed by atoms with Gasteiger partial charge in [0.1, 0.15) is 5.75 Å². The van der Waals surface area contributed by atoms with Crippen LogP contribution in [0, 0.1) is 0 Å². The molecule has 0 atom stereocenters. The van der Waals surface area contributed by atoms with Crippen LogP contribution in [0.15, 0.2) is 22.7 Å². The van der Waals surface area contributed by atoms with Crippen LogP contribution in [0.4, 0.5) is 0 Å².